The highest BCUT2D eigenvalue weighted by atomic mass is 35.5. The molecule has 8 heteroatoms. The number of benzene rings is 1. The van der Waals surface area contributed by atoms with Crippen LogP contribution in [0.2, 0.25) is 5.02 Å². The molecular weight excluding hydrogens is 307 g/mol. The van der Waals surface area contributed by atoms with Crippen LogP contribution in [0.4, 0.5) is 4.39 Å². The van der Waals surface area contributed by atoms with Crippen molar-refractivity contribution in [3.63, 3.8) is 0 Å². The predicted octanol–water partition coefficient (Wildman–Crippen LogP) is 1.37. The van der Waals surface area contributed by atoms with Gasteiger partial charge in [0, 0.05) is 13.1 Å². The second-order valence-electron chi connectivity index (χ2n) is 4.71. The molecule has 1 aromatic rings. The van der Waals surface area contributed by atoms with E-state index in [0.29, 0.717) is 19.4 Å². The van der Waals surface area contributed by atoms with E-state index >= 15 is 0 Å². The van der Waals surface area contributed by atoms with E-state index in [1.165, 1.54) is 17.0 Å². The minimum atomic E-state index is -3.69. The van der Waals surface area contributed by atoms with Crippen LogP contribution in [0.15, 0.2) is 18.2 Å². The molecule has 1 fully saturated rings. The Bertz CT molecular complexity index is 636. The van der Waals surface area contributed by atoms with Crippen molar-refractivity contribution >= 4 is 27.5 Å². The maximum Gasteiger partial charge on any atom is 0.255 e. The number of halogens is 2. The molecule has 0 spiro atoms. The highest BCUT2D eigenvalue weighted by molar-refractivity contribution is 7.89. The van der Waals surface area contributed by atoms with E-state index < -0.39 is 27.0 Å². The Morgan fingerprint density at radius 3 is 2.80 bits per heavy atom. The summed E-state index contributed by atoms with van der Waals surface area (Å²) < 4.78 is 36.1. The lowest BCUT2D eigenvalue weighted by Gasteiger charge is -2.31. The fourth-order valence-electron chi connectivity index (χ4n) is 2.23. The van der Waals surface area contributed by atoms with E-state index in [1.54, 1.807) is 0 Å². The Morgan fingerprint density at radius 1 is 1.45 bits per heavy atom. The number of rotatable bonds is 2. The second kappa shape index (κ2) is 5.67. The molecule has 0 bridgehead atoms. The maximum atomic E-state index is 13.4. The zero-order valence-corrected chi connectivity index (χ0v) is 12.1. The second-order valence-corrected chi connectivity index (χ2v) is 6.93. The molecular formula is C12H14ClFN2O3S. The normalized spacial score (nSPS) is 19.9. The Kier molecular flexibility index (Phi) is 4.31. The molecule has 1 atom stereocenters. The summed E-state index contributed by atoms with van der Waals surface area (Å²) in [5.74, 6) is -1.17. The Hall–Kier alpha value is -1.18. The van der Waals surface area contributed by atoms with Gasteiger partial charge in [-0.05, 0) is 25.0 Å². The Balaban J connectivity index is 2.23. The van der Waals surface area contributed by atoms with Gasteiger partial charge < -0.3 is 4.90 Å². The molecule has 0 saturated carbocycles. The van der Waals surface area contributed by atoms with E-state index in [-0.39, 0.29) is 17.1 Å². The number of nitrogens with two attached hydrogens (primary N) is 1. The number of carbonyl (C=O) groups excluding carboxylic acids is 1. The first-order chi connectivity index (χ1) is 9.30. The minimum Gasteiger partial charge on any atom is -0.337 e. The molecule has 0 aromatic heterocycles. The van der Waals surface area contributed by atoms with Crippen molar-refractivity contribution in [2.75, 3.05) is 13.1 Å². The lowest BCUT2D eigenvalue weighted by molar-refractivity contribution is 0.0726. The summed E-state index contributed by atoms with van der Waals surface area (Å²) >= 11 is 5.77. The van der Waals surface area contributed by atoms with Gasteiger partial charge in [0.1, 0.15) is 5.82 Å². The minimum absolute atomic E-state index is 0.00447. The average Bonchev–Trinajstić information content (AvgIpc) is 2.40. The standard InChI is InChI=1S/C12H14ClFN2O3S/c13-11-9(4-1-5-10(11)14)12(17)16-6-2-3-8(7-16)20(15,18)19/h1,4-5,8H,2-3,6-7H2,(H2,15,18,19). The van der Waals surface area contributed by atoms with Crippen LogP contribution in [0, 0.1) is 5.82 Å². The molecule has 1 heterocycles. The molecule has 1 aromatic carbocycles. The monoisotopic (exact) mass is 320 g/mol. The van der Waals surface area contributed by atoms with Crippen molar-refractivity contribution in [3.05, 3.63) is 34.6 Å². The third-order valence-corrected chi connectivity index (χ3v) is 5.01. The van der Waals surface area contributed by atoms with Crippen LogP contribution in [0.1, 0.15) is 23.2 Å². The zero-order chi connectivity index (χ0) is 14.9. The Morgan fingerprint density at radius 2 is 2.15 bits per heavy atom. The molecule has 110 valence electrons. The first-order valence-corrected chi connectivity index (χ1v) is 8.04. The summed E-state index contributed by atoms with van der Waals surface area (Å²) in [5, 5.41) is 4.07. The Labute approximate surface area is 121 Å². The summed E-state index contributed by atoms with van der Waals surface area (Å²) in [5.41, 5.74) is 0.0294. The van der Waals surface area contributed by atoms with Gasteiger partial charge in [0.15, 0.2) is 0 Å². The number of piperidine rings is 1. The number of likely N-dealkylation sites (tertiary alicyclic amines) is 1. The summed E-state index contributed by atoms with van der Waals surface area (Å²) in [4.78, 5) is 13.6. The van der Waals surface area contributed by atoms with Crippen LogP contribution in [0.25, 0.3) is 0 Å². The number of nitrogens with zero attached hydrogens (tertiary/aromatic N) is 1. The van der Waals surface area contributed by atoms with Crippen molar-refractivity contribution < 1.29 is 17.6 Å². The molecule has 1 saturated heterocycles. The van der Waals surface area contributed by atoms with Crippen LogP contribution >= 0.6 is 11.6 Å². The highest BCUT2D eigenvalue weighted by Crippen LogP contribution is 2.23. The van der Waals surface area contributed by atoms with Gasteiger partial charge in [-0.15, -0.1) is 0 Å². The molecule has 0 radical (unpaired) electrons. The predicted molar refractivity (Wildman–Crippen MR) is 73.4 cm³/mol. The van der Waals surface area contributed by atoms with Gasteiger partial charge in [0.25, 0.3) is 5.91 Å². The lowest BCUT2D eigenvalue weighted by Crippen LogP contribution is -2.47. The fraction of sp³-hybridized carbons (Fsp3) is 0.417. The number of carbonyl (C=O) groups is 1. The van der Waals surface area contributed by atoms with E-state index in [0.717, 1.165) is 6.07 Å². The van der Waals surface area contributed by atoms with Gasteiger partial charge >= 0.3 is 0 Å². The fourth-order valence-corrected chi connectivity index (χ4v) is 3.32. The highest BCUT2D eigenvalue weighted by Gasteiger charge is 2.31. The first kappa shape index (κ1) is 15.2. The summed E-state index contributed by atoms with van der Waals surface area (Å²) in [6, 6.07) is 3.95. The number of hydrogen-bond acceptors (Lipinski definition) is 3. The van der Waals surface area contributed by atoms with Gasteiger partial charge in [-0.1, -0.05) is 17.7 Å². The summed E-state index contributed by atoms with van der Waals surface area (Å²) in [6.07, 6.45) is 0.944. The van der Waals surface area contributed by atoms with Crippen molar-refractivity contribution in [3.8, 4) is 0 Å². The molecule has 1 aliphatic heterocycles. The molecule has 5 nitrogen and oxygen atoms in total. The van der Waals surface area contributed by atoms with Gasteiger partial charge in [0.05, 0.1) is 15.8 Å². The van der Waals surface area contributed by atoms with E-state index in [9.17, 15) is 17.6 Å². The first-order valence-electron chi connectivity index (χ1n) is 6.05. The van der Waals surface area contributed by atoms with E-state index in [2.05, 4.69) is 0 Å². The smallest absolute Gasteiger partial charge is 0.255 e. The van der Waals surface area contributed by atoms with Crippen molar-refractivity contribution in [2.45, 2.75) is 18.1 Å². The van der Waals surface area contributed by atoms with Crippen LogP contribution in [-0.4, -0.2) is 37.6 Å². The molecule has 2 rings (SSSR count). The number of sulfonamides is 1. The third-order valence-electron chi connectivity index (χ3n) is 3.31. The average molecular weight is 321 g/mol. The summed E-state index contributed by atoms with van der Waals surface area (Å²) in [7, 11) is -3.69. The van der Waals surface area contributed by atoms with Crippen molar-refractivity contribution in [1.29, 1.82) is 0 Å². The van der Waals surface area contributed by atoms with Crippen molar-refractivity contribution in [2.24, 2.45) is 5.14 Å². The maximum absolute atomic E-state index is 13.4. The molecule has 20 heavy (non-hydrogen) atoms. The molecule has 1 aliphatic rings. The lowest BCUT2D eigenvalue weighted by atomic mass is 10.1. The molecule has 2 N–H and O–H groups in total. The van der Waals surface area contributed by atoms with Crippen LogP contribution in [0.3, 0.4) is 0 Å². The quantitative estimate of drug-likeness (QED) is 0.893. The number of primary sulfonamides is 1. The molecule has 0 aliphatic carbocycles. The summed E-state index contributed by atoms with van der Waals surface area (Å²) in [6.45, 7) is 0.405. The number of hydrogen-bond donors (Lipinski definition) is 1. The van der Waals surface area contributed by atoms with Crippen molar-refractivity contribution in [1.82, 2.24) is 4.90 Å². The van der Waals surface area contributed by atoms with Crippen LogP contribution in [-0.2, 0) is 10.0 Å². The molecule has 1 amide bonds. The van der Waals surface area contributed by atoms with Gasteiger partial charge in [0.2, 0.25) is 10.0 Å². The van der Waals surface area contributed by atoms with E-state index in [1.807, 2.05) is 0 Å². The van der Waals surface area contributed by atoms with Gasteiger partial charge in [-0.25, -0.2) is 17.9 Å². The molecule has 1 unspecified atom stereocenters. The van der Waals surface area contributed by atoms with Gasteiger partial charge in [-0.3, -0.25) is 4.79 Å². The third kappa shape index (κ3) is 3.11. The van der Waals surface area contributed by atoms with Crippen LogP contribution in [0.5, 0.6) is 0 Å². The van der Waals surface area contributed by atoms with Crippen LogP contribution < -0.4 is 5.14 Å². The SMILES string of the molecule is NS(=O)(=O)C1CCCN(C(=O)c2cccc(F)c2Cl)C1. The number of amides is 1. The topological polar surface area (TPSA) is 80.5 Å². The largest absolute Gasteiger partial charge is 0.337 e. The van der Waals surface area contributed by atoms with E-state index in [4.69, 9.17) is 16.7 Å². The zero-order valence-electron chi connectivity index (χ0n) is 10.6. The van der Waals surface area contributed by atoms with Gasteiger partial charge in [-0.2, -0.15) is 0 Å².